The van der Waals surface area contributed by atoms with E-state index in [2.05, 4.69) is 43.9 Å². The molecule has 0 saturated carbocycles. The topological polar surface area (TPSA) is 103 Å². The van der Waals surface area contributed by atoms with Gasteiger partial charge in [-0.15, -0.1) is 0 Å². The standard InChI is InChI=1S/C28H30ClN7O2/c1-5-26(37)33-22-15-23(25(38-4)16-24(22)36(3)13-12-30-2)34-28-31-17-21(29)27(35-28)32-20-11-10-18-8-6-7-9-19(18)14-20/h5-11,14-17,30H,1,12-13H2,2-4H3,(H,33,37)(H2,31,32,34,35). The Morgan fingerprint density at radius 3 is 2.63 bits per heavy atom. The lowest BCUT2D eigenvalue weighted by Crippen LogP contribution is -2.28. The fourth-order valence-electron chi connectivity index (χ4n) is 3.87. The van der Waals surface area contributed by atoms with Gasteiger partial charge in [0.15, 0.2) is 5.82 Å². The van der Waals surface area contributed by atoms with Crippen LogP contribution in [0.1, 0.15) is 0 Å². The molecular weight excluding hydrogens is 502 g/mol. The fourth-order valence-corrected chi connectivity index (χ4v) is 4.01. The van der Waals surface area contributed by atoms with E-state index in [1.165, 1.54) is 12.3 Å². The van der Waals surface area contributed by atoms with Gasteiger partial charge < -0.3 is 30.9 Å². The van der Waals surface area contributed by atoms with E-state index < -0.39 is 0 Å². The average Bonchev–Trinajstić information content (AvgIpc) is 2.93. The van der Waals surface area contributed by atoms with Crippen molar-refractivity contribution in [3.8, 4) is 5.75 Å². The van der Waals surface area contributed by atoms with Gasteiger partial charge in [-0.1, -0.05) is 48.5 Å². The normalized spacial score (nSPS) is 10.6. The molecule has 0 aliphatic carbocycles. The first-order valence-electron chi connectivity index (χ1n) is 12.0. The summed E-state index contributed by atoms with van der Waals surface area (Å²) in [5, 5.41) is 15.1. The molecule has 0 fully saturated rings. The average molecular weight is 532 g/mol. The highest BCUT2D eigenvalue weighted by Gasteiger charge is 2.17. The number of nitrogens with one attached hydrogen (secondary N) is 4. The molecular formula is C28H30ClN7O2. The van der Waals surface area contributed by atoms with Gasteiger partial charge in [-0.2, -0.15) is 4.98 Å². The minimum atomic E-state index is -0.325. The molecule has 38 heavy (non-hydrogen) atoms. The van der Waals surface area contributed by atoms with Crippen LogP contribution in [0.15, 0.2) is 73.4 Å². The van der Waals surface area contributed by atoms with E-state index in [0.29, 0.717) is 40.5 Å². The quantitative estimate of drug-likeness (QED) is 0.187. The summed E-state index contributed by atoms with van der Waals surface area (Å²) in [6.45, 7) is 5.04. The molecule has 0 aliphatic heterocycles. The molecule has 0 bridgehead atoms. The van der Waals surface area contributed by atoms with Gasteiger partial charge in [0.1, 0.15) is 10.8 Å². The number of ether oxygens (including phenoxy) is 1. The molecule has 0 atom stereocenters. The number of anilines is 6. The highest BCUT2D eigenvalue weighted by atomic mass is 35.5. The van der Waals surface area contributed by atoms with Gasteiger partial charge in [0.25, 0.3) is 0 Å². The number of amides is 1. The van der Waals surface area contributed by atoms with Gasteiger partial charge in [-0.25, -0.2) is 4.98 Å². The first-order chi connectivity index (χ1) is 18.4. The number of aromatic nitrogens is 2. The number of benzene rings is 3. The Hall–Kier alpha value is -4.34. The minimum absolute atomic E-state index is 0.299. The first-order valence-corrected chi connectivity index (χ1v) is 12.4. The molecule has 1 aromatic heterocycles. The number of hydrogen-bond acceptors (Lipinski definition) is 8. The molecule has 1 heterocycles. The summed E-state index contributed by atoms with van der Waals surface area (Å²) in [6.07, 6.45) is 2.74. The van der Waals surface area contributed by atoms with E-state index in [1.54, 1.807) is 13.2 Å². The summed E-state index contributed by atoms with van der Waals surface area (Å²) in [7, 11) is 5.40. The summed E-state index contributed by atoms with van der Waals surface area (Å²) in [6, 6.07) is 17.8. The summed E-state index contributed by atoms with van der Waals surface area (Å²) >= 11 is 6.41. The van der Waals surface area contributed by atoms with Gasteiger partial charge in [-0.3, -0.25) is 4.79 Å². The van der Waals surface area contributed by atoms with Gasteiger partial charge in [0.05, 0.1) is 30.4 Å². The van der Waals surface area contributed by atoms with Crippen molar-refractivity contribution < 1.29 is 9.53 Å². The molecule has 4 rings (SSSR count). The van der Waals surface area contributed by atoms with Gasteiger partial charge in [0, 0.05) is 31.9 Å². The zero-order valence-corrected chi connectivity index (χ0v) is 22.3. The van der Waals surface area contributed by atoms with Crippen LogP contribution in [0.25, 0.3) is 10.8 Å². The van der Waals surface area contributed by atoms with Crippen molar-refractivity contribution in [3.63, 3.8) is 0 Å². The van der Waals surface area contributed by atoms with Crippen molar-refractivity contribution in [2.24, 2.45) is 0 Å². The number of methoxy groups -OCH3 is 1. The molecule has 10 heteroatoms. The molecule has 1 amide bonds. The maximum absolute atomic E-state index is 12.2. The van der Waals surface area contributed by atoms with Crippen LogP contribution in [-0.2, 0) is 4.79 Å². The summed E-state index contributed by atoms with van der Waals surface area (Å²) in [5.74, 6) is 0.972. The van der Waals surface area contributed by atoms with Crippen LogP contribution in [0, 0.1) is 0 Å². The summed E-state index contributed by atoms with van der Waals surface area (Å²) in [4.78, 5) is 23.1. The Morgan fingerprint density at radius 2 is 1.89 bits per heavy atom. The van der Waals surface area contributed by atoms with Crippen LogP contribution >= 0.6 is 11.6 Å². The zero-order chi connectivity index (χ0) is 27.1. The Morgan fingerprint density at radius 1 is 1.11 bits per heavy atom. The van der Waals surface area contributed by atoms with Crippen molar-refractivity contribution >= 4 is 62.8 Å². The fraction of sp³-hybridized carbons (Fsp3) is 0.179. The lowest BCUT2D eigenvalue weighted by atomic mass is 10.1. The van der Waals surface area contributed by atoms with Crippen LogP contribution in [0.3, 0.4) is 0 Å². The Bertz CT molecular complexity index is 1460. The van der Waals surface area contributed by atoms with Gasteiger partial charge in [-0.05, 0) is 42.1 Å². The molecule has 0 unspecified atom stereocenters. The van der Waals surface area contributed by atoms with Crippen LogP contribution in [0.5, 0.6) is 5.75 Å². The molecule has 0 spiro atoms. The van der Waals surface area contributed by atoms with Crippen molar-refractivity contribution in [1.29, 1.82) is 0 Å². The molecule has 3 aromatic carbocycles. The van der Waals surface area contributed by atoms with Gasteiger partial charge in [0.2, 0.25) is 11.9 Å². The zero-order valence-electron chi connectivity index (χ0n) is 21.5. The summed E-state index contributed by atoms with van der Waals surface area (Å²) in [5.41, 5.74) is 2.78. The van der Waals surface area contributed by atoms with E-state index in [1.807, 2.05) is 61.5 Å². The number of fused-ring (bicyclic) bond motifs is 1. The SMILES string of the molecule is C=CC(=O)Nc1cc(Nc2ncc(Cl)c(Nc3ccc4ccccc4c3)n2)c(OC)cc1N(C)CCNC. The lowest BCUT2D eigenvalue weighted by Gasteiger charge is -2.24. The number of halogens is 1. The lowest BCUT2D eigenvalue weighted by molar-refractivity contribution is -0.111. The number of carbonyl (C=O) groups is 1. The predicted octanol–water partition coefficient (Wildman–Crippen LogP) is 5.56. The molecule has 0 aliphatic rings. The molecule has 196 valence electrons. The molecule has 4 N–H and O–H groups in total. The Labute approximate surface area is 226 Å². The minimum Gasteiger partial charge on any atom is -0.494 e. The molecule has 0 saturated heterocycles. The second kappa shape index (κ2) is 12.3. The highest BCUT2D eigenvalue weighted by molar-refractivity contribution is 6.33. The van der Waals surface area contributed by atoms with Crippen LogP contribution < -0.4 is 30.9 Å². The second-order valence-corrected chi connectivity index (χ2v) is 8.90. The Balaban J connectivity index is 1.65. The molecule has 0 radical (unpaired) electrons. The van der Waals surface area contributed by atoms with Crippen LogP contribution in [-0.4, -0.2) is 50.2 Å². The number of rotatable bonds is 11. The van der Waals surface area contributed by atoms with E-state index in [0.717, 1.165) is 28.7 Å². The van der Waals surface area contributed by atoms with E-state index >= 15 is 0 Å². The van der Waals surface area contributed by atoms with Crippen LogP contribution in [0.2, 0.25) is 5.02 Å². The van der Waals surface area contributed by atoms with E-state index in [4.69, 9.17) is 16.3 Å². The first kappa shape index (κ1) is 26.7. The third-order valence-electron chi connectivity index (χ3n) is 5.87. The third kappa shape index (κ3) is 6.31. The Kier molecular flexibility index (Phi) is 8.62. The maximum Gasteiger partial charge on any atom is 0.247 e. The highest BCUT2D eigenvalue weighted by Crippen LogP contribution is 2.38. The van der Waals surface area contributed by atoms with Crippen molar-refractivity contribution in [2.45, 2.75) is 0 Å². The van der Waals surface area contributed by atoms with Crippen molar-refractivity contribution in [1.82, 2.24) is 15.3 Å². The van der Waals surface area contributed by atoms with Crippen LogP contribution in [0.4, 0.5) is 34.5 Å². The monoisotopic (exact) mass is 531 g/mol. The van der Waals surface area contributed by atoms with Gasteiger partial charge >= 0.3 is 0 Å². The van der Waals surface area contributed by atoms with E-state index in [9.17, 15) is 4.79 Å². The third-order valence-corrected chi connectivity index (χ3v) is 6.15. The van der Waals surface area contributed by atoms with E-state index in [-0.39, 0.29) is 5.91 Å². The summed E-state index contributed by atoms with van der Waals surface area (Å²) < 4.78 is 5.65. The largest absolute Gasteiger partial charge is 0.494 e. The number of hydrogen-bond donors (Lipinski definition) is 4. The predicted molar refractivity (Wildman–Crippen MR) is 157 cm³/mol. The van der Waals surface area contributed by atoms with Crippen molar-refractivity contribution in [3.05, 3.63) is 78.5 Å². The molecule has 9 nitrogen and oxygen atoms in total. The maximum atomic E-state index is 12.2. The van der Waals surface area contributed by atoms with Crippen molar-refractivity contribution in [2.75, 3.05) is 55.1 Å². The number of carbonyl (C=O) groups excluding carboxylic acids is 1. The smallest absolute Gasteiger partial charge is 0.247 e. The number of likely N-dealkylation sites (N-methyl/N-ethyl adjacent to an activating group) is 2. The molecule has 4 aromatic rings. The second-order valence-electron chi connectivity index (χ2n) is 8.49. The number of nitrogens with zero attached hydrogens (tertiary/aromatic N) is 3.